The predicted octanol–water partition coefficient (Wildman–Crippen LogP) is 0.620. The molecule has 2 amide bonds. The van der Waals surface area contributed by atoms with Crippen LogP contribution in [0.4, 0.5) is 5.82 Å². The Balaban J connectivity index is 2.43. The molecule has 0 aliphatic rings. The predicted molar refractivity (Wildman–Crippen MR) is 72.6 cm³/mol. The summed E-state index contributed by atoms with van der Waals surface area (Å²) in [5.74, 6) is 0.939. The van der Waals surface area contributed by atoms with E-state index in [1.807, 2.05) is 0 Å². The van der Waals surface area contributed by atoms with Crippen molar-refractivity contribution in [3.63, 3.8) is 0 Å². The van der Waals surface area contributed by atoms with E-state index in [0.717, 1.165) is 0 Å². The summed E-state index contributed by atoms with van der Waals surface area (Å²) in [6, 6.07) is 1.70. The second-order valence-electron chi connectivity index (χ2n) is 4.02. The van der Waals surface area contributed by atoms with Crippen LogP contribution in [0.3, 0.4) is 0 Å². The lowest BCUT2D eigenvalue weighted by molar-refractivity contribution is -0.129. The molecule has 0 spiro atoms. The molecule has 0 fully saturated rings. The Hall–Kier alpha value is -1.50. The second kappa shape index (κ2) is 7.05. The number of amides is 2. The number of aromatic nitrogens is 2. The zero-order valence-corrected chi connectivity index (χ0v) is 11.5. The van der Waals surface area contributed by atoms with Crippen LogP contribution in [-0.4, -0.2) is 46.3 Å². The van der Waals surface area contributed by atoms with E-state index in [-0.39, 0.29) is 11.8 Å². The van der Waals surface area contributed by atoms with Crippen LogP contribution in [0.15, 0.2) is 12.3 Å². The molecule has 100 valence electrons. The van der Waals surface area contributed by atoms with Crippen LogP contribution in [0.5, 0.6) is 0 Å². The molecule has 0 aromatic carbocycles. The molecule has 0 atom stereocenters. The van der Waals surface area contributed by atoms with Gasteiger partial charge >= 0.3 is 0 Å². The SMILES string of the molecule is CN(C)C(=O)CCn1ccc(NC(=O)CCS)n1. The summed E-state index contributed by atoms with van der Waals surface area (Å²) in [5, 5.41) is 6.81. The van der Waals surface area contributed by atoms with E-state index >= 15 is 0 Å². The first-order valence-electron chi connectivity index (χ1n) is 5.67. The van der Waals surface area contributed by atoms with Crippen molar-refractivity contribution in [1.29, 1.82) is 0 Å². The first-order valence-corrected chi connectivity index (χ1v) is 6.30. The Kier molecular flexibility index (Phi) is 5.70. The maximum absolute atomic E-state index is 11.4. The van der Waals surface area contributed by atoms with Crippen LogP contribution in [0.1, 0.15) is 12.8 Å². The molecular weight excluding hydrogens is 252 g/mol. The minimum absolute atomic E-state index is 0.0474. The maximum atomic E-state index is 11.4. The third kappa shape index (κ3) is 4.79. The molecule has 1 heterocycles. The average Bonchev–Trinajstić information content (AvgIpc) is 2.73. The number of aryl methyl sites for hydroxylation is 1. The van der Waals surface area contributed by atoms with Crippen LogP contribution in [0, 0.1) is 0 Å². The Morgan fingerprint density at radius 3 is 2.78 bits per heavy atom. The lowest BCUT2D eigenvalue weighted by Crippen LogP contribution is -2.23. The molecular formula is C11H18N4O2S. The molecule has 0 bridgehead atoms. The van der Waals surface area contributed by atoms with E-state index in [9.17, 15) is 9.59 Å². The average molecular weight is 270 g/mol. The van der Waals surface area contributed by atoms with Crippen LogP contribution < -0.4 is 5.32 Å². The van der Waals surface area contributed by atoms with Gasteiger partial charge in [-0.3, -0.25) is 14.3 Å². The minimum atomic E-state index is -0.111. The van der Waals surface area contributed by atoms with Gasteiger partial charge < -0.3 is 10.2 Å². The Morgan fingerprint density at radius 2 is 2.17 bits per heavy atom. The lowest BCUT2D eigenvalue weighted by atomic mass is 10.4. The molecule has 1 rings (SSSR count). The van der Waals surface area contributed by atoms with Gasteiger partial charge in [-0.25, -0.2) is 0 Å². The van der Waals surface area contributed by atoms with E-state index in [4.69, 9.17) is 0 Å². The lowest BCUT2D eigenvalue weighted by Gasteiger charge is -2.09. The van der Waals surface area contributed by atoms with E-state index in [1.54, 1.807) is 35.9 Å². The third-order valence-electron chi connectivity index (χ3n) is 2.30. The number of hydrogen-bond acceptors (Lipinski definition) is 4. The number of thiol groups is 1. The Labute approximate surface area is 112 Å². The molecule has 1 N–H and O–H groups in total. The highest BCUT2D eigenvalue weighted by Crippen LogP contribution is 2.04. The third-order valence-corrected chi connectivity index (χ3v) is 2.52. The smallest absolute Gasteiger partial charge is 0.226 e. The molecule has 1 aromatic rings. The zero-order chi connectivity index (χ0) is 13.5. The fourth-order valence-electron chi connectivity index (χ4n) is 1.29. The topological polar surface area (TPSA) is 67.2 Å². The summed E-state index contributed by atoms with van der Waals surface area (Å²) in [6.07, 6.45) is 2.48. The number of anilines is 1. The van der Waals surface area contributed by atoms with Crippen molar-refractivity contribution in [2.24, 2.45) is 0 Å². The summed E-state index contributed by atoms with van der Waals surface area (Å²) in [7, 11) is 3.43. The fraction of sp³-hybridized carbons (Fsp3) is 0.545. The monoisotopic (exact) mass is 270 g/mol. The van der Waals surface area contributed by atoms with Crippen molar-refractivity contribution < 1.29 is 9.59 Å². The van der Waals surface area contributed by atoms with Gasteiger partial charge in [-0.1, -0.05) is 0 Å². The number of carbonyl (C=O) groups is 2. The van der Waals surface area contributed by atoms with E-state index in [1.165, 1.54) is 0 Å². The molecule has 0 saturated heterocycles. The van der Waals surface area contributed by atoms with Crippen molar-refractivity contribution in [2.45, 2.75) is 19.4 Å². The van der Waals surface area contributed by atoms with Crippen molar-refractivity contribution in [2.75, 3.05) is 25.2 Å². The van der Waals surface area contributed by atoms with Crippen LogP contribution in [0.2, 0.25) is 0 Å². The highest BCUT2D eigenvalue weighted by Gasteiger charge is 2.06. The quantitative estimate of drug-likeness (QED) is 0.745. The van der Waals surface area contributed by atoms with Gasteiger partial charge in [0, 0.05) is 45.7 Å². The summed E-state index contributed by atoms with van der Waals surface area (Å²) in [6.45, 7) is 0.499. The van der Waals surface area contributed by atoms with E-state index in [0.29, 0.717) is 31.0 Å². The van der Waals surface area contributed by atoms with Gasteiger partial charge in [0.05, 0.1) is 0 Å². The molecule has 6 nitrogen and oxygen atoms in total. The molecule has 0 saturated carbocycles. The molecule has 0 unspecified atom stereocenters. The molecule has 1 aromatic heterocycles. The summed E-state index contributed by atoms with van der Waals surface area (Å²) in [4.78, 5) is 24.2. The number of carbonyl (C=O) groups excluding carboxylic acids is 2. The van der Waals surface area contributed by atoms with Gasteiger partial charge in [0.2, 0.25) is 11.8 Å². The molecule has 0 aliphatic carbocycles. The standard InChI is InChI=1S/C11H18N4O2S/c1-14(2)11(17)4-7-15-6-3-9(13-15)12-10(16)5-8-18/h3,6,18H,4-5,7-8H2,1-2H3,(H,12,13,16). The highest BCUT2D eigenvalue weighted by atomic mass is 32.1. The first kappa shape index (κ1) is 14.6. The van der Waals surface area contributed by atoms with Gasteiger partial charge in [-0.2, -0.15) is 17.7 Å². The van der Waals surface area contributed by atoms with Crippen molar-refractivity contribution in [1.82, 2.24) is 14.7 Å². The Bertz CT molecular complexity index is 417. The van der Waals surface area contributed by atoms with Crippen LogP contribution in [-0.2, 0) is 16.1 Å². The van der Waals surface area contributed by atoms with Crippen molar-refractivity contribution in [3.05, 3.63) is 12.3 Å². The highest BCUT2D eigenvalue weighted by molar-refractivity contribution is 7.80. The van der Waals surface area contributed by atoms with E-state index in [2.05, 4.69) is 23.0 Å². The number of nitrogens with one attached hydrogen (secondary N) is 1. The van der Waals surface area contributed by atoms with Gasteiger partial charge in [0.15, 0.2) is 5.82 Å². The van der Waals surface area contributed by atoms with E-state index < -0.39 is 0 Å². The molecule has 18 heavy (non-hydrogen) atoms. The van der Waals surface area contributed by atoms with Crippen LogP contribution in [0.25, 0.3) is 0 Å². The minimum Gasteiger partial charge on any atom is -0.349 e. The largest absolute Gasteiger partial charge is 0.349 e. The number of nitrogens with zero attached hydrogens (tertiary/aromatic N) is 3. The summed E-state index contributed by atoms with van der Waals surface area (Å²) < 4.78 is 1.64. The molecule has 0 radical (unpaired) electrons. The summed E-state index contributed by atoms with van der Waals surface area (Å²) >= 11 is 3.98. The van der Waals surface area contributed by atoms with Crippen molar-refractivity contribution in [3.8, 4) is 0 Å². The van der Waals surface area contributed by atoms with Gasteiger partial charge in [0.1, 0.15) is 0 Å². The Morgan fingerprint density at radius 1 is 1.44 bits per heavy atom. The molecule has 7 heteroatoms. The van der Waals surface area contributed by atoms with Gasteiger partial charge in [-0.15, -0.1) is 0 Å². The normalized spacial score (nSPS) is 10.2. The maximum Gasteiger partial charge on any atom is 0.226 e. The molecule has 0 aliphatic heterocycles. The first-order chi connectivity index (χ1) is 8.52. The second-order valence-corrected chi connectivity index (χ2v) is 4.47. The van der Waals surface area contributed by atoms with Crippen LogP contribution >= 0.6 is 12.6 Å². The number of rotatable bonds is 6. The van der Waals surface area contributed by atoms with Crippen molar-refractivity contribution >= 4 is 30.3 Å². The van der Waals surface area contributed by atoms with Gasteiger partial charge in [-0.05, 0) is 5.75 Å². The van der Waals surface area contributed by atoms with Gasteiger partial charge in [0.25, 0.3) is 0 Å². The number of hydrogen-bond donors (Lipinski definition) is 2. The zero-order valence-electron chi connectivity index (χ0n) is 10.6. The fourth-order valence-corrected chi connectivity index (χ4v) is 1.50. The summed E-state index contributed by atoms with van der Waals surface area (Å²) in [5.41, 5.74) is 0.